The number of pyridine rings is 1. The minimum absolute atomic E-state index is 0.0259. The first-order valence-electron chi connectivity index (χ1n) is 9.13. The fraction of sp³-hybridized carbons (Fsp3) is 0.684. The Labute approximate surface area is 139 Å². The Hall–Kier alpha value is -1.42. The van der Waals surface area contributed by atoms with Crippen molar-refractivity contribution in [2.45, 2.75) is 64.5 Å². The lowest BCUT2D eigenvalue weighted by Crippen LogP contribution is -2.51. The molecule has 0 bridgehead atoms. The van der Waals surface area contributed by atoms with E-state index >= 15 is 0 Å². The van der Waals surface area contributed by atoms with Crippen molar-refractivity contribution in [1.82, 2.24) is 15.2 Å². The summed E-state index contributed by atoms with van der Waals surface area (Å²) in [5.74, 6) is 0.230. The first-order valence-corrected chi connectivity index (χ1v) is 9.13. The molecule has 1 aromatic heterocycles. The van der Waals surface area contributed by atoms with Crippen molar-refractivity contribution in [3.8, 4) is 0 Å². The van der Waals surface area contributed by atoms with Gasteiger partial charge >= 0.3 is 0 Å². The van der Waals surface area contributed by atoms with Crippen molar-refractivity contribution >= 4 is 5.91 Å². The maximum atomic E-state index is 12.7. The number of amides is 1. The van der Waals surface area contributed by atoms with Crippen LogP contribution in [0, 0.1) is 5.41 Å². The summed E-state index contributed by atoms with van der Waals surface area (Å²) in [5, 5.41) is 3.27. The molecule has 2 heterocycles. The van der Waals surface area contributed by atoms with Gasteiger partial charge in [-0.3, -0.25) is 14.7 Å². The van der Waals surface area contributed by atoms with Crippen LogP contribution in [0.1, 0.15) is 57.4 Å². The lowest BCUT2D eigenvalue weighted by molar-refractivity contribution is -0.128. The van der Waals surface area contributed by atoms with E-state index in [9.17, 15) is 4.79 Å². The van der Waals surface area contributed by atoms with Crippen molar-refractivity contribution in [3.05, 3.63) is 30.1 Å². The van der Waals surface area contributed by atoms with Crippen molar-refractivity contribution < 1.29 is 4.79 Å². The third-order valence-electron chi connectivity index (χ3n) is 5.83. The predicted molar refractivity (Wildman–Crippen MR) is 91.9 cm³/mol. The monoisotopic (exact) mass is 315 g/mol. The van der Waals surface area contributed by atoms with Gasteiger partial charge in [0.25, 0.3) is 0 Å². The second-order valence-electron chi connectivity index (χ2n) is 7.27. The molecule has 1 atom stereocenters. The van der Waals surface area contributed by atoms with Gasteiger partial charge in [0.15, 0.2) is 0 Å². The molecule has 4 heteroatoms. The third-order valence-corrected chi connectivity index (χ3v) is 5.83. The summed E-state index contributed by atoms with van der Waals surface area (Å²) in [4.78, 5) is 19.3. The zero-order valence-electron chi connectivity index (χ0n) is 14.3. The highest BCUT2D eigenvalue weighted by atomic mass is 16.2. The largest absolute Gasteiger partial charge is 0.354 e. The van der Waals surface area contributed by atoms with E-state index in [1.54, 1.807) is 6.20 Å². The summed E-state index contributed by atoms with van der Waals surface area (Å²) in [6.07, 6.45) is 12.1. The van der Waals surface area contributed by atoms with Gasteiger partial charge in [0.05, 0.1) is 6.04 Å². The molecule has 23 heavy (non-hydrogen) atoms. The summed E-state index contributed by atoms with van der Waals surface area (Å²) in [5.41, 5.74) is 1.58. The van der Waals surface area contributed by atoms with Crippen molar-refractivity contribution in [3.63, 3.8) is 0 Å². The van der Waals surface area contributed by atoms with Crippen molar-refractivity contribution in [1.29, 1.82) is 0 Å². The number of hydrogen-bond acceptors (Lipinski definition) is 3. The molecule has 1 aliphatic carbocycles. The number of carbonyl (C=O) groups excluding carboxylic acids is 1. The number of nitrogens with one attached hydrogen (secondary N) is 1. The van der Waals surface area contributed by atoms with Crippen molar-refractivity contribution in [2.75, 3.05) is 13.1 Å². The SMILES string of the molecule is CCC1(CNC(=O)[C@H]2CCCCN2Cc2cccnc2)CCC1. The molecule has 0 radical (unpaired) electrons. The Morgan fingerprint density at radius 1 is 1.39 bits per heavy atom. The van der Waals surface area contributed by atoms with Crippen LogP contribution in [0.4, 0.5) is 0 Å². The number of carbonyl (C=O) groups is 1. The Kier molecular flexibility index (Phi) is 5.31. The van der Waals surface area contributed by atoms with Gasteiger partial charge in [0, 0.05) is 25.5 Å². The zero-order valence-corrected chi connectivity index (χ0v) is 14.3. The summed E-state index contributed by atoms with van der Waals surface area (Å²) in [6, 6.07) is 4.09. The van der Waals surface area contributed by atoms with Crippen LogP contribution in [-0.2, 0) is 11.3 Å². The normalized spacial score (nSPS) is 24.0. The van der Waals surface area contributed by atoms with Crippen LogP contribution < -0.4 is 5.32 Å². The molecule has 1 saturated heterocycles. The van der Waals surface area contributed by atoms with Gasteiger partial charge in [-0.2, -0.15) is 0 Å². The van der Waals surface area contributed by atoms with Gasteiger partial charge in [-0.1, -0.05) is 25.8 Å². The molecule has 1 aliphatic heterocycles. The minimum Gasteiger partial charge on any atom is -0.354 e. The number of likely N-dealkylation sites (tertiary alicyclic amines) is 1. The average molecular weight is 315 g/mol. The molecule has 1 saturated carbocycles. The van der Waals surface area contributed by atoms with Gasteiger partial charge < -0.3 is 5.32 Å². The summed E-state index contributed by atoms with van der Waals surface area (Å²) in [7, 11) is 0. The molecule has 2 fully saturated rings. The Morgan fingerprint density at radius 3 is 2.91 bits per heavy atom. The van der Waals surface area contributed by atoms with Gasteiger partial charge in [-0.25, -0.2) is 0 Å². The number of rotatable bonds is 6. The summed E-state index contributed by atoms with van der Waals surface area (Å²) >= 11 is 0. The van der Waals surface area contributed by atoms with Crippen LogP contribution in [0.25, 0.3) is 0 Å². The molecular formula is C19H29N3O. The molecule has 0 spiro atoms. The zero-order chi connectivity index (χ0) is 16.1. The highest BCUT2D eigenvalue weighted by Crippen LogP contribution is 2.43. The van der Waals surface area contributed by atoms with E-state index in [4.69, 9.17) is 0 Å². The fourth-order valence-corrected chi connectivity index (χ4v) is 3.93. The Bertz CT molecular complexity index is 507. The van der Waals surface area contributed by atoms with Gasteiger partial charge in [0.2, 0.25) is 5.91 Å². The van der Waals surface area contributed by atoms with E-state index in [1.807, 2.05) is 12.3 Å². The van der Waals surface area contributed by atoms with Crippen LogP contribution in [0.3, 0.4) is 0 Å². The third kappa shape index (κ3) is 3.92. The second kappa shape index (κ2) is 7.43. The summed E-state index contributed by atoms with van der Waals surface area (Å²) in [6.45, 7) is 4.94. The lowest BCUT2D eigenvalue weighted by Gasteiger charge is -2.42. The smallest absolute Gasteiger partial charge is 0.237 e. The number of piperidine rings is 1. The van der Waals surface area contributed by atoms with E-state index in [1.165, 1.54) is 37.7 Å². The highest BCUT2D eigenvalue weighted by molar-refractivity contribution is 5.81. The summed E-state index contributed by atoms with van der Waals surface area (Å²) < 4.78 is 0. The quantitative estimate of drug-likeness (QED) is 0.877. The molecular weight excluding hydrogens is 286 g/mol. The number of nitrogens with zero attached hydrogens (tertiary/aromatic N) is 2. The molecule has 0 aromatic carbocycles. The Balaban J connectivity index is 1.58. The lowest BCUT2D eigenvalue weighted by atomic mass is 9.67. The topological polar surface area (TPSA) is 45.2 Å². The van der Waals surface area contributed by atoms with Crippen LogP contribution >= 0.6 is 0 Å². The van der Waals surface area contributed by atoms with E-state index in [2.05, 4.69) is 28.2 Å². The molecule has 2 aliphatic rings. The molecule has 126 valence electrons. The van der Waals surface area contributed by atoms with E-state index < -0.39 is 0 Å². The average Bonchev–Trinajstić information content (AvgIpc) is 2.55. The number of aromatic nitrogens is 1. The van der Waals surface area contributed by atoms with Gasteiger partial charge in [-0.05, 0) is 55.7 Å². The molecule has 1 aromatic rings. The van der Waals surface area contributed by atoms with E-state index in [0.717, 1.165) is 32.5 Å². The standard InChI is InChI=1S/C19H29N3O/c1-2-19(9-6-10-19)15-21-18(23)17-8-3-4-12-22(17)14-16-7-5-11-20-13-16/h5,7,11,13,17H,2-4,6,8-10,12,14-15H2,1H3,(H,21,23)/t17-/m1/s1. The van der Waals surface area contributed by atoms with Crippen LogP contribution in [-0.4, -0.2) is 34.9 Å². The molecule has 0 unspecified atom stereocenters. The van der Waals surface area contributed by atoms with Gasteiger partial charge in [-0.15, -0.1) is 0 Å². The molecule has 3 rings (SSSR count). The molecule has 4 nitrogen and oxygen atoms in total. The first-order chi connectivity index (χ1) is 11.2. The van der Waals surface area contributed by atoms with E-state index in [0.29, 0.717) is 5.41 Å². The van der Waals surface area contributed by atoms with Crippen molar-refractivity contribution in [2.24, 2.45) is 5.41 Å². The van der Waals surface area contributed by atoms with Gasteiger partial charge in [0.1, 0.15) is 0 Å². The number of hydrogen-bond donors (Lipinski definition) is 1. The highest BCUT2D eigenvalue weighted by Gasteiger charge is 2.36. The maximum Gasteiger partial charge on any atom is 0.237 e. The maximum absolute atomic E-state index is 12.7. The minimum atomic E-state index is 0.0259. The molecule has 1 amide bonds. The Morgan fingerprint density at radius 2 is 2.26 bits per heavy atom. The van der Waals surface area contributed by atoms with Crippen LogP contribution in [0.2, 0.25) is 0 Å². The fourth-order valence-electron chi connectivity index (χ4n) is 3.93. The molecule has 1 N–H and O–H groups in total. The van der Waals surface area contributed by atoms with E-state index in [-0.39, 0.29) is 11.9 Å². The van der Waals surface area contributed by atoms with Crippen LogP contribution in [0.5, 0.6) is 0 Å². The van der Waals surface area contributed by atoms with Crippen LogP contribution in [0.15, 0.2) is 24.5 Å². The predicted octanol–water partition coefficient (Wildman–Crippen LogP) is 3.13. The first kappa shape index (κ1) is 16.4. The second-order valence-corrected chi connectivity index (χ2v) is 7.27.